The molecule has 0 aromatic carbocycles. The molecule has 104 valence electrons. The average molecular weight is 262 g/mol. The van der Waals surface area contributed by atoms with E-state index in [0.717, 1.165) is 36.9 Å². The van der Waals surface area contributed by atoms with Gasteiger partial charge in [0.15, 0.2) is 5.82 Å². The fraction of sp³-hybridized carbons (Fsp3) is 0.643. The number of rotatable bonds is 7. The molecule has 0 saturated carbocycles. The van der Waals surface area contributed by atoms with E-state index in [9.17, 15) is 10.4 Å². The van der Waals surface area contributed by atoms with Gasteiger partial charge in [0, 0.05) is 6.54 Å². The molecule has 0 aliphatic rings. The summed E-state index contributed by atoms with van der Waals surface area (Å²) < 4.78 is 0. The SMILES string of the molecule is CCCC(O)CNc1nnc(CC)c(CC)c1C#N. The van der Waals surface area contributed by atoms with E-state index in [2.05, 4.69) is 21.6 Å². The number of anilines is 1. The van der Waals surface area contributed by atoms with Gasteiger partial charge in [0.05, 0.1) is 11.8 Å². The fourth-order valence-electron chi connectivity index (χ4n) is 2.07. The molecule has 19 heavy (non-hydrogen) atoms. The van der Waals surface area contributed by atoms with Gasteiger partial charge >= 0.3 is 0 Å². The molecule has 1 aromatic rings. The summed E-state index contributed by atoms with van der Waals surface area (Å²) in [5, 5.41) is 30.3. The maximum atomic E-state index is 9.71. The third kappa shape index (κ3) is 3.90. The van der Waals surface area contributed by atoms with Crippen LogP contribution in [0.5, 0.6) is 0 Å². The summed E-state index contributed by atoms with van der Waals surface area (Å²) in [4.78, 5) is 0. The first-order chi connectivity index (χ1) is 9.17. The first kappa shape index (κ1) is 15.4. The molecule has 0 radical (unpaired) electrons. The van der Waals surface area contributed by atoms with E-state index in [1.807, 2.05) is 20.8 Å². The summed E-state index contributed by atoms with van der Waals surface area (Å²) in [5.74, 6) is 0.478. The van der Waals surface area contributed by atoms with Crippen molar-refractivity contribution in [3.8, 4) is 6.07 Å². The Morgan fingerprint density at radius 1 is 1.26 bits per heavy atom. The van der Waals surface area contributed by atoms with Gasteiger partial charge in [0.2, 0.25) is 0 Å². The molecule has 1 unspecified atom stereocenters. The van der Waals surface area contributed by atoms with Crippen LogP contribution >= 0.6 is 0 Å². The van der Waals surface area contributed by atoms with Crippen LogP contribution in [0, 0.1) is 11.3 Å². The zero-order valence-corrected chi connectivity index (χ0v) is 11.9. The lowest BCUT2D eigenvalue weighted by Crippen LogP contribution is -2.21. The Labute approximate surface area is 114 Å². The van der Waals surface area contributed by atoms with E-state index in [1.165, 1.54) is 0 Å². The average Bonchev–Trinajstić information content (AvgIpc) is 2.43. The van der Waals surface area contributed by atoms with E-state index in [-0.39, 0.29) is 0 Å². The van der Waals surface area contributed by atoms with Crippen LogP contribution in [0.4, 0.5) is 5.82 Å². The highest BCUT2D eigenvalue weighted by molar-refractivity contribution is 5.56. The van der Waals surface area contributed by atoms with Crippen LogP contribution in [-0.2, 0) is 12.8 Å². The highest BCUT2D eigenvalue weighted by atomic mass is 16.3. The number of nitrogens with zero attached hydrogens (tertiary/aromatic N) is 3. The minimum atomic E-state index is -0.422. The minimum Gasteiger partial charge on any atom is -0.391 e. The quantitative estimate of drug-likeness (QED) is 0.786. The zero-order valence-electron chi connectivity index (χ0n) is 11.9. The Kier molecular flexibility index (Phi) is 6.23. The second-order valence-electron chi connectivity index (χ2n) is 4.49. The Morgan fingerprint density at radius 3 is 2.53 bits per heavy atom. The van der Waals surface area contributed by atoms with Crippen LogP contribution in [0.15, 0.2) is 0 Å². The van der Waals surface area contributed by atoms with Crippen LogP contribution in [0.25, 0.3) is 0 Å². The van der Waals surface area contributed by atoms with Crippen molar-refractivity contribution < 1.29 is 5.11 Å². The summed E-state index contributed by atoms with van der Waals surface area (Å²) in [6.45, 7) is 6.43. The van der Waals surface area contributed by atoms with Crippen molar-refractivity contribution in [1.29, 1.82) is 5.26 Å². The third-order valence-electron chi connectivity index (χ3n) is 3.08. The van der Waals surface area contributed by atoms with Gasteiger partial charge in [-0.15, -0.1) is 5.10 Å². The summed E-state index contributed by atoms with van der Waals surface area (Å²) in [6.07, 6.45) is 2.76. The molecule has 5 heteroatoms. The molecule has 1 heterocycles. The van der Waals surface area contributed by atoms with E-state index in [1.54, 1.807) is 0 Å². The number of hydrogen-bond acceptors (Lipinski definition) is 5. The second-order valence-corrected chi connectivity index (χ2v) is 4.49. The molecule has 0 aliphatic carbocycles. The lowest BCUT2D eigenvalue weighted by atomic mass is 10.0. The first-order valence-electron chi connectivity index (χ1n) is 6.88. The maximum absolute atomic E-state index is 9.71. The van der Waals surface area contributed by atoms with Gasteiger partial charge in [-0.05, 0) is 24.8 Å². The molecule has 0 saturated heterocycles. The number of aromatic nitrogens is 2. The summed E-state index contributed by atoms with van der Waals surface area (Å²) in [5.41, 5.74) is 2.38. The third-order valence-corrected chi connectivity index (χ3v) is 3.08. The largest absolute Gasteiger partial charge is 0.391 e. The minimum absolute atomic E-state index is 0.395. The monoisotopic (exact) mass is 262 g/mol. The van der Waals surface area contributed by atoms with Crippen molar-refractivity contribution in [3.05, 3.63) is 16.8 Å². The van der Waals surface area contributed by atoms with Crippen molar-refractivity contribution >= 4 is 5.82 Å². The lowest BCUT2D eigenvalue weighted by Gasteiger charge is -2.14. The number of nitriles is 1. The van der Waals surface area contributed by atoms with Gasteiger partial charge < -0.3 is 10.4 Å². The Bertz CT molecular complexity index is 453. The maximum Gasteiger partial charge on any atom is 0.167 e. The van der Waals surface area contributed by atoms with Crippen LogP contribution in [-0.4, -0.2) is 28.0 Å². The standard InChI is InChI=1S/C14H22N4O/c1-4-7-10(19)9-16-14-12(8-15)11(5-2)13(6-3)17-18-14/h10,19H,4-7,9H2,1-3H3,(H,16,18). The smallest absolute Gasteiger partial charge is 0.167 e. The first-order valence-corrected chi connectivity index (χ1v) is 6.88. The number of aryl methyl sites for hydroxylation is 1. The Morgan fingerprint density at radius 2 is 2.00 bits per heavy atom. The second kappa shape index (κ2) is 7.70. The number of aliphatic hydroxyl groups is 1. The van der Waals surface area contributed by atoms with Crippen molar-refractivity contribution in [2.45, 2.75) is 52.6 Å². The van der Waals surface area contributed by atoms with Crippen molar-refractivity contribution in [2.75, 3.05) is 11.9 Å². The van der Waals surface area contributed by atoms with Crippen LogP contribution in [0.1, 0.15) is 50.4 Å². The Balaban J connectivity index is 2.93. The number of aliphatic hydroxyl groups excluding tert-OH is 1. The zero-order chi connectivity index (χ0) is 14.3. The summed E-state index contributed by atoms with van der Waals surface area (Å²) in [6, 6.07) is 2.20. The number of nitrogens with one attached hydrogen (secondary N) is 1. The van der Waals surface area contributed by atoms with Gasteiger partial charge in [-0.3, -0.25) is 0 Å². The summed E-state index contributed by atoms with van der Waals surface area (Å²) in [7, 11) is 0. The van der Waals surface area contributed by atoms with Crippen LogP contribution < -0.4 is 5.32 Å². The van der Waals surface area contributed by atoms with Crippen LogP contribution in [0.3, 0.4) is 0 Å². The van der Waals surface area contributed by atoms with Gasteiger partial charge in [0.25, 0.3) is 0 Å². The molecule has 1 rings (SSSR count). The normalized spacial score (nSPS) is 11.9. The molecule has 1 aromatic heterocycles. The lowest BCUT2D eigenvalue weighted by molar-refractivity contribution is 0.176. The highest BCUT2D eigenvalue weighted by Gasteiger charge is 2.14. The summed E-state index contributed by atoms with van der Waals surface area (Å²) >= 11 is 0. The van der Waals surface area contributed by atoms with Crippen molar-refractivity contribution in [2.24, 2.45) is 0 Å². The van der Waals surface area contributed by atoms with E-state index in [0.29, 0.717) is 17.9 Å². The predicted molar refractivity (Wildman–Crippen MR) is 74.9 cm³/mol. The molecular weight excluding hydrogens is 240 g/mol. The molecule has 0 aliphatic heterocycles. The van der Waals surface area contributed by atoms with Gasteiger partial charge in [-0.25, -0.2) is 0 Å². The molecule has 1 atom stereocenters. The molecule has 5 nitrogen and oxygen atoms in total. The molecule has 0 fully saturated rings. The topological polar surface area (TPSA) is 81.8 Å². The van der Waals surface area contributed by atoms with E-state index >= 15 is 0 Å². The van der Waals surface area contributed by atoms with Gasteiger partial charge in [0.1, 0.15) is 11.6 Å². The number of hydrogen-bond donors (Lipinski definition) is 2. The fourth-order valence-corrected chi connectivity index (χ4v) is 2.07. The van der Waals surface area contributed by atoms with E-state index in [4.69, 9.17) is 0 Å². The Hall–Kier alpha value is -1.67. The molecule has 0 amide bonds. The molecule has 0 bridgehead atoms. The highest BCUT2D eigenvalue weighted by Crippen LogP contribution is 2.19. The van der Waals surface area contributed by atoms with Gasteiger partial charge in [-0.1, -0.05) is 27.2 Å². The van der Waals surface area contributed by atoms with Crippen molar-refractivity contribution in [1.82, 2.24) is 10.2 Å². The molecule has 2 N–H and O–H groups in total. The van der Waals surface area contributed by atoms with E-state index < -0.39 is 6.10 Å². The van der Waals surface area contributed by atoms with Gasteiger partial charge in [-0.2, -0.15) is 10.4 Å². The molecule has 0 spiro atoms. The molecular formula is C14H22N4O. The predicted octanol–water partition coefficient (Wildman–Crippen LogP) is 2.05. The van der Waals surface area contributed by atoms with Crippen molar-refractivity contribution in [3.63, 3.8) is 0 Å². The van der Waals surface area contributed by atoms with Crippen LogP contribution in [0.2, 0.25) is 0 Å².